The summed E-state index contributed by atoms with van der Waals surface area (Å²) in [6.45, 7) is 1.87. The van der Waals surface area contributed by atoms with Crippen molar-refractivity contribution in [2.75, 3.05) is 5.32 Å². The second-order valence-corrected chi connectivity index (χ2v) is 3.61. The minimum absolute atomic E-state index is 0.464. The number of amides is 1. The zero-order chi connectivity index (χ0) is 10.6. The smallest absolute Gasteiger partial charge is 0.270 e. The Hall–Kier alpha value is -1.36. The van der Waals surface area contributed by atoms with Crippen LogP contribution < -0.4 is 5.32 Å². The van der Waals surface area contributed by atoms with E-state index < -0.39 is 5.91 Å². The predicted octanol–water partition coefficient (Wildman–Crippen LogP) is 2.16. The highest BCUT2D eigenvalue weighted by Crippen LogP contribution is 2.20. The van der Waals surface area contributed by atoms with Gasteiger partial charge in [-0.1, -0.05) is 27.2 Å². The zero-order valence-corrected chi connectivity index (χ0v) is 9.08. The first-order chi connectivity index (χ1) is 6.63. The highest BCUT2D eigenvalue weighted by Gasteiger charge is 2.02. The number of carbonyl (C=O) groups excluding carboxylic acids is 1. The summed E-state index contributed by atoms with van der Waals surface area (Å²) in [6, 6.07) is 5.53. The van der Waals surface area contributed by atoms with Gasteiger partial charge < -0.3 is 10.5 Å². The van der Waals surface area contributed by atoms with Crippen LogP contribution in [-0.4, -0.2) is 17.3 Å². The van der Waals surface area contributed by atoms with Gasteiger partial charge in [-0.05, 0) is 24.6 Å². The van der Waals surface area contributed by atoms with Gasteiger partial charge in [0.05, 0.1) is 0 Å². The molecule has 0 saturated carbocycles. The number of hydrogen-bond donors (Lipinski definition) is 2. The molecule has 14 heavy (non-hydrogen) atoms. The number of oxime groups is 1. The molecule has 0 aliphatic heterocycles. The Kier molecular flexibility index (Phi) is 3.64. The molecule has 0 heterocycles. The van der Waals surface area contributed by atoms with Gasteiger partial charge in [-0.25, -0.2) is 0 Å². The lowest BCUT2D eigenvalue weighted by Crippen LogP contribution is -2.13. The fraction of sp³-hybridized carbons (Fsp3) is 0.111. The minimum Gasteiger partial charge on any atom is -0.411 e. The number of hydrogen-bond acceptors (Lipinski definition) is 3. The van der Waals surface area contributed by atoms with Gasteiger partial charge >= 0.3 is 0 Å². The number of aryl methyl sites for hydroxylation is 1. The maximum Gasteiger partial charge on any atom is 0.270 e. The molecule has 5 heteroatoms. The molecule has 2 N–H and O–H groups in total. The molecule has 1 amide bonds. The molecule has 4 nitrogen and oxygen atoms in total. The summed E-state index contributed by atoms with van der Waals surface area (Å²) in [5.74, 6) is -0.464. The van der Waals surface area contributed by atoms with E-state index in [-0.39, 0.29) is 0 Å². The van der Waals surface area contributed by atoms with Crippen molar-refractivity contribution in [2.45, 2.75) is 6.92 Å². The number of benzene rings is 1. The summed E-state index contributed by atoms with van der Waals surface area (Å²) in [5.41, 5.74) is 1.62. The first-order valence-corrected chi connectivity index (χ1v) is 4.67. The number of carbonyl (C=O) groups is 1. The van der Waals surface area contributed by atoms with E-state index in [0.717, 1.165) is 16.3 Å². The third-order valence-electron chi connectivity index (χ3n) is 1.63. The summed E-state index contributed by atoms with van der Waals surface area (Å²) < 4.78 is 0.874. The summed E-state index contributed by atoms with van der Waals surface area (Å²) in [4.78, 5) is 11.0. The van der Waals surface area contributed by atoms with Crippen molar-refractivity contribution in [3.8, 4) is 0 Å². The summed E-state index contributed by atoms with van der Waals surface area (Å²) >= 11 is 3.29. The molecule has 0 spiro atoms. The van der Waals surface area contributed by atoms with Crippen LogP contribution in [0.25, 0.3) is 0 Å². The molecule has 0 saturated heterocycles. The Balaban J connectivity index is 2.85. The van der Waals surface area contributed by atoms with Gasteiger partial charge in [-0.3, -0.25) is 4.79 Å². The third-order valence-corrected chi connectivity index (χ3v) is 2.13. The molecule has 0 aliphatic carbocycles. The molecule has 0 radical (unpaired) electrons. The van der Waals surface area contributed by atoms with Gasteiger partial charge in [-0.15, -0.1) is 0 Å². The van der Waals surface area contributed by atoms with Crippen LogP contribution in [-0.2, 0) is 4.79 Å². The highest BCUT2D eigenvalue weighted by atomic mass is 79.9. The van der Waals surface area contributed by atoms with E-state index in [2.05, 4.69) is 26.4 Å². The van der Waals surface area contributed by atoms with Gasteiger partial charge in [0.2, 0.25) is 0 Å². The average molecular weight is 257 g/mol. The maximum atomic E-state index is 11.0. The van der Waals surface area contributed by atoms with E-state index in [1.807, 2.05) is 19.1 Å². The molecular weight excluding hydrogens is 248 g/mol. The first-order valence-electron chi connectivity index (χ1n) is 3.88. The second kappa shape index (κ2) is 4.76. The second-order valence-electron chi connectivity index (χ2n) is 2.69. The monoisotopic (exact) mass is 256 g/mol. The number of nitrogens with one attached hydrogen (secondary N) is 1. The van der Waals surface area contributed by atoms with Crippen LogP contribution in [0.1, 0.15) is 5.56 Å². The van der Waals surface area contributed by atoms with Crippen LogP contribution >= 0.6 is 15.9 Å². The number of rotatable bonds is 2. The van der Waals surface area contributed by atoms with Crippen molar-refractivity contribution in [1.29, 1.82) is 0 Å². The minimum atomic E-state index is -0.464. The number of nitrogens with zero attached hydrogens (tertiary/aromatic N) is 1. The van der Waals surface area contributed by atoms with Crippen LogP contribution in [0.5, 0.6) is 0 Å². The van der Waals surface area contributed by atoms with Crippen LogP contribution in [0.4, 0.5) is 5.69 Å². The number of anilines is 1. The van der Waals surface area contributed by atoms with Crippen molar-refractivity contribution >= 4 is 33.7 Å². The third kappa shape index (κ3) is 2.85. The number of halogens is 1. The molecule has 0 aromatic heterocycles. The predicted molar refractivity (Wildman–Crippen MR) is 57.8 cm³/mol. The summed E-state index contributed by atoms with van der Waals surface area (Å²) in [6.07, 6.45) is 0.806. The lowest BCUT2D eigenvalue weighted by atomic mass is 10.2. The molecule has 1 rings (SSSR count). The topological polar surface area (TPSA) is 61.7 Å². The van der Waals surface area contributed by atoms with Crippen molar-refractivity contribution in [3.05, 3.63) is 28.2 Å². The fourth-order valence-corrected chi connectivity index (χ4v) is 1.31. The van der Waals surface area contributed by atoms with Gasteiger partial charge in [0.1, 0.15) is 6.21 Å². The van der Waals surface area contributed by atoms with Gasteiger partial charge in [0.15, 0.2) is 0 Å². The summed E-state index contributed by atoms with van der Waals surface area (Å²) in [5, 5.41) is 13.3. The largest absolute Gasteiger partial charge is 0.411 e. The fourth-order valence-electron chi connectivity index (χ4n) is 0.946. The van der Waals surface area contributed by atoms with Crippen molar-refractivity contribution in [3.63, 3.8) is 0 Å². The van der Waals surface area contributed by atoms with Crippen molar-refractivity contribution in [2.24, 2.45) is 5.16 Å². The average Bonchev–Trinajstić information content (AvgIpc) is 2.12. The van der Waals surface area contributed by atoms with Gasteiger partial charge in [0, 0.05) is 10.2 Å². The standard InChI is InChI=1S/C9H9BrN2O2/c1-6-2-3-7(10)4-8(6)12-9(13)5-11-14/h2-5,14H,1H3,(H,12,13)/b11-5+. The zero-order valence-electron chi connectivity index (χ0n) is 7.49. The van der Waals surface area contributed by atoms with Gasteiger partial charge in [0.25, 0.3) is 5.91 Å². The van der Waals surface area contributed by atoms with E-state index in [0.29, 0.717) is 5.69 Å². The maximum absolute atomic E-state index is 11.0. The molecule has 0 aliphatic rings. The van der Waals surface area contributed by atoms with Crippen molar-refractivity contribution < 1.29 is 10.0 Å². The Morgan fingerprint density at radius 3 is 3.00 bits per heavy atom. The lowest BCUT2D eigenvalue weighted by Gasteiger charge is -2.05. The Bertz CT molecular complexity index is 377. The molecule has 74 valence electrons. The Morgan fingerprint density at radius 1 is 1.64 bits per heavy atom. The molecule has 0 bridgehead atoms. The van der Waals surface area contributed by atoms with E-state index in [4.69, 9.17) is 5.21 Å². The van der Waals surface area contributed by atoms with E-state index in [1.165, 1.54) is 0 Å². The van der Waals surface area contributed by atoms with Crippen LogP contribution in [0.15, 0.2) is 27.8 Å². The molecule has 0 atom stereocenters. The van der Waals surface area contributed by atoms with E-state index in [9.17, 15) is 4.79 Å². The molecule has 1 aromatic rings. The quantitative estimate of drug-likeness (QED) is 0.484. The molecule has 0 fully saturated rings. The van der Waals surface area contributed by atoms with Crippen molar-refractivity contribution in [1.82, 2.24) is 0 Å². The van der Waals surface area contributed by atoms with Crippen LogP contribution in [0, 0.1) is 6.92 Å². The lowest BCUT2D eigenvalue weighted by molar-refractivity contribution is -0.110. The first kappa shape index (κ1) is 10.7. The molecule has 0 unspecified atom stereocenters. The normalized spacial score (nSPS) is 10.4. The van der Waals surface area contributed by atoms with E-state index in [1.54, 1.807) is 6.07 Å². The molecular formula is C9H9BrN2O2. The van der Waals surface area contributed by atoms with Crippen LogP contribution in [0.2, 0.25) is 0 Å². The molecule has 1 aromatic carbocycles. The highest BCUT2D eigenvalue weighted by molar-refractivity contribution is 9.10. The van der Waals surface area contributed by atoms with Gasteiger partial charge in [-0.2, -0.15) is 0 Å². The Morgan fingerprint density at radius 2 is 2.36 bits per heavy atom. The van der Waals surface area contributed by atoms with E-state index >= 15 is 0 Å². The summed E-state index contributed by atoms with van der Waals surface area (Å²) in [7, 11) is 0. The van der Waals surface area contributed by atoms with Crippen LogP contribution in [0.3, 0.4) is 0 Å². The SMILES string of the molecule is Cc1ccc(Br)cc1NC(=O)/C=N/O. The Labute approximate surface area is 89.7 Å².